The molecular weight excluding hydrogens is 397 g/mol. The molecule has 3 heterocycles. The lowest BCUT2D eigenvalue weighted by molar-refractivity contribution is -0.136. The van der Waals surface area contributed by atoms with Gasteiger partial charge < -0.3 is 13.7 Å². The number of alkyl halides is 3. The second-order valence-electron chi connectivity index (χ2n) is 7.56. The first-order valence-corrected chi connectivity index (χ1v) is 9.34. The first-order chi connectivity index (χ1) is 14.4. The molecule has 1 saturated heterocycles. The quantitative estimate of drug-likeness (QED) is 0.502. The molecule has 5 rings (SSSR count). The van der Waals surface area contributed by atoms with E-state index in [0.717, 1.165) is 17.5 Å². The van der Waals surface area contributed by atoms with Crippen LogP contribution < -0.4 is 0 Å². The highest BCUT2D eigenvalue weighted by Gasteiger charge is 2.42. The predicted octanol–water partition coefficient (Wildman–Crippen LogP) is 4.15. The van der Waals surface area contributed by atoms with Crippen LogP contribution in [0.4, 0.5) is 13.2 Å². The minimum absolute atomic E-state index is 0.151. The minimum Gasteiger partial charge on any atom is -0.435 e. The summed E-state index contributed by atoms with van der Waals surface area (Å²) in [5, 5.41) is 8.10. The molecule has 0 amide bonds. The van der Waals surface area contributed by atoms with Crippen molar-refractivity contribution in [1.29, 1.82) is 0 Å². The Balaban J connectivity index is 1.55. The van der Waals surface area contributed by atoms with Crippen molar-refractivity contribution in [1.82, 2.24) is 19.7 Å². The number of fused-ring (bicyclic) bond motifs is 1. The van der Waals surface area contributed by atoms with Crippen molar-refractivity contribution >= 4 is 11.1 Å². The molecule has 4 aromatic rings. The van der Waals surface area contributed by atoms with E-state index in [9.17, 15) is 13.2 Å². The lowest BCUT2D eigenvalue weighted by Crippen LogP contribution is -2.49. The van der Waals surface area contributed by atoms with Gasteiger partial charge in [-0.1, -0.05) is 18.2 Å². The third kappa shape index (κ3) is 3.06. The smallest absolute Gasteiger partial charge is 0.420 e. The first-order valence-electron chi connectivity index (χ1n) is 9.34. The van der Waals surface area contributed by atoms with E-state index in [-0.39, 0.29) is 22.4 Å². The first kappa shape index (κ1) is 18.8. The second kappa shape index (κ2) is 6.66. The van der Waals surface area contributed by atoms with Crippen molar-refractivity contribution in [3.05, 3.63) is 65.7 Å². The molecule has 2 aromatic carbocycles. The average molecular weight is 414 g/mol. The molecule has 0 N–H and O–H groups in total. The van der Waals surface area contributed by atoms with E-state index < -0.39 is 11.7 Å². The average Bonchev–Trinajstić information content (AvgIpc) is 3.29. The van der Waals surface area contributed by atoms with Gasteiger partial charge in [0, 0.05) is 24.4 Å². The molecule has 0 aliphatic carbocycles. The Hall–Kier alpha value is -3.20. The maximum Gasteiger partial charge on any atom is 0.420 e. The SMILES string of the molecule is Cn1cnnc1CC1(c2cccc(-c3nc4cccc(C(F)(F)F)c4o3)c2)COC1. The van der Waals surface area contributed by atoms with Crippen molar-refractivity contribution in [2.24, 2.45) is 7.05 Å². The third-order valence-corrected chi connectivity index (χ3v) is 5.50. The molecule has 0 bridgehead atoms. The number of rotatable bonds is 4. The van der Waals surface area contributed by atoms with E-state index in [1.807, 2.05) is 29.8 Å². The Kier molecular flexibility index (Phi) is 4.18. The highest BCUT2D eigenvalue weighted by molar-refractivity contribution is 5.80. The van der Waals surface area contributed by atoms with Gasteiger partial charge in [0.05, 0.1) is 13.2 Å². The number of hydrogen-bond donors (Lipinski definition) is 0. The number of aryl methyl sites for hydroxylation is 1. The fourth-order valence-electron chi connectivity index (χ4n) is 3.77. The topological polar surface area (TPSA) is 66.0 Å². The van der Waals surface area contributed by atoms with Crippen LogP contribution in [0.5, 0.6) is 0 Å². The number of para-hydroxylation sites is 1. The van der Waals surface area contributed by atoms with Gasteiger partial charge in [-0.15, -0.1) is 10.2 Å². The van der Waals surface area contributed by atoms with Gasteiger partial charge in [0.1, 0.15) is 23.2 Å². The summed E-state index contributed by atoms with van der Waals surface area (Å²) in [4.78, 5) is 4.29. The van der Waals surface area contributed by atoms with Gasteiger partial charge in [0.15, 0.2) is 5.58 Å². The van der Waals surface area contributed by atoms with Crippen LogP contribution in [0.25, 0.3) is 22.6 Å². The van der Waals surface area contributed by atoms with E-state index in [0.29, 0.717) is 25.2 Å². The third-order valence-electron chi connectivity index (χ3n) is 5.50. The van der Waals surface area contributed by atoms with Crippen LogP contribution in [0.3, 0.4) is 0 Å². The summed E-state index contributed by atoms with van der Waals surface area (Å²) < 4.78 is 52.8. The standard InChI is InChI=1S/C21H17F3N4O2/c1-28-12-25-27-17(28)9-20(10-29-11-20)14-5-2-4-13(8-14)19-26-16-7-3-6-15(18(16)30-19)21(22,23)24/h2-8,12H,9-11H2,1H3. The molecule has 0 unspecified atom stereocenters. The Morgan fingerprint density at radius 1 is 1.13 bits per heavy atom. The van der Waals surface area contributed by atoms with Crippen molar-refractivity contribution in [2.45, 2.75) is 18.0 Å². The zero-order valence-electron chi connectivity index (χ0n) is 16.0. The maximum atomic E-state index is 13.3. The predicted molar refractivity (Wildman–Crippen MR) is 102 cm³/mol. The molecule has 2 aromatic heterocycles. The zero-order chi connectivity index (χ0) is 20.9. The number of benzene rings is 2. The summed E-state index contributed by atoms with van der Waals surface area (Å²) in [6.07, 6.45) is -2.23. The Labute approximate surface area is 169 Å². The summed E-state index contributed by atoms with van der Waals surface area (Å²) >= 11 is 0. The van der Waals surface area contributed by atoms with E-state index >= 15 is 0 Å². The largest absolute Gasteiger partial charge is 0.435 e. The molecule has 1 fully saturated rings. The number of halogens is 3. The maximum absolute atomic E-state index is 13.3. The number of nitrogens with zero attached hydrogens (tertiary/aromatic N) is 4. The number of hydrogen-bond acceptors (Lipinski definition) is 5. The van der Waals surface area contributed by atoms with Crippen molar-refractivity contribution in [3.8, 4) is 11.5 Å². The van der Waals surface area contributed by atoms with Crippen LogP contribution in [0.1, 0.15) is 17.0 Å². The molecule has 1 aliphatic heterocycles. The minimum atomic E-state index is -4.51. The van der Waals surface area contributed by atoms with E-state index in [1.165, 1.54) is 12.1 Å². The van der Waals surface area contributed by atoms with Gasteiger partial charge >= 0.3 is 6.18 Å². The molecule has 0 atom stereocenters. The van der Waals surface area contributed by atoms with Crippen molar-refractivity contribution < 1.29 is 22.3 Å². The zero-order valence-corrected chi connectivity index (χ0v) is 16.0. The van der Waals surface area contributed by atoms with Gasteiger partial charge in [0.25, 0.3) is 0 Å². The van der Waals surface area contributed by atoms with Crippen LogP contribution in [0, 0.1) is 0 Å². The molecule has 6 nitrogen and oxygen atoms in total. The van der Waals surface area contributed by atoms with Crippen molar-refractivity contribution in [2.75, 3.05) is 13.2 Å². The molecule has 0 saturated carbocycles. The normalized spacial score (nSPS) is 16.0. The molecular formula is C21H17F3N4O2. The van der Waals surface area contributed by atoms with Gasteiger partial charge in [0.2, 0.25) is 5.89 Å². The van der Waals surface area contributed by atoms with E-state index in [4.69, 9.17) is 9.15 Å². The van der Waals surface area contributed by atoms with Gasteiger partial charge in [-0.2, -0.15) is 13.2 Å². The molecule has 1 aliphatic rings. The fraction of sp³-hybridized carbons (Fsp3) is 0.286. The number of ether oxygens (including phenoxy) is 1. The van der Waals surface area contributed by atoms with Crippen LogP contribution in [0.2, 0.25) is 0 Å². The highest BCUT2D eigenvalue weighted by Crippen LogP contribution is 2.39. The van der Waals surface area contributed by atoms with Crippen molar-refractivity contribution in [3.63, 3.8) is 0 Å². The highest BCUT2D eigenvalue weighted by atomic mass is 19.4. The molecule has 0 spiro atoms. The second-order valence-corrected chi connectivity index (χ2v) is 7.56. The van der Waals surface area contributed by atoms with E-state index in [1.54, 1.807) is 12.4 Å². The lowest BCUT2D eigenvalue weighted by Gasteiger charge is -2.41. The van der Waals surface area contributed by atoms with Crippen LogP contribution in [-0.2, 0) is 29.8 Å². The molecule has 0 radical (unpaired) electrons. The summed E-state index contributed by atoms with van der Waals surface area (Å²) in [5.41, 5.74) is 0.409. The Morgan fingerprint density at radius 2 is 1.93 bits per heavy atom. The summed E-state index contributed by atoms with van der Waals surface area (Å²) in [5.74, 6) is 0.984. The summed E-state index contributed by atoms with van der Waals surface area (Å²) in [7, 11) is 1.88. The molecule has 154 valence electrons. The number of aromatic nitrogens is 4. The molecule has 30 heavy (non-hydrogen) atoms. The van der Waals surface area contributed by atoms with Crippen LogP contribution in [-0.4, -0.2) is 33.0 Å². The lowest BCUT2D eigenvalue weighted by atomic mass is 9.75. The van der Waals surface area contributed by atoms with Gasteiger partial charge in [-0.3, -0.25) is 0 Å². The summed E-state index contributed by atoms with van der Waals surface area (Å²) in [6, 6.07) is 11.3. The van der Waals surface area contributed by atoms with Crippen LogP contribution >= 0.6 is 0 Å². The monoisotopic (exact) mass is 414 g/mol. The fourth-order valence-corrected chi connectivity index (χ4v) is 3.77. The summed E-state index contributed by atoms with van der Waals surface area (Å²) in [6.45, 7) is 1.05. The Morgan fingerprint density at radius 3 is 2.60 bits per heavy atom. The number of oxazole rings is 1. The molecule has 9 heteroatoms. The Bertz CT molecular complexity index is 1220. The van der Waals surface area contributed by atoms with E-state index in [2.05, 4.69) is 15.2 Å². The van der Waals surface area contributed by atoms with Crippen LogP contribution in [0.15, 0.2) is 53.2 Å². The van der Waals surface area contributed by atoms with Gasteiger partial charge in [-0.25, -0.2) is 4.98 Å². The van der Waals surface area contributed by atoms with Gasteiger partial charge in [-0.05, 0) is 29.8 Å².